The third kappa shape index (κ3) is 17.8. The van der Waals surface area contributed by atoms with Gasteiger partial charge in [-0.05, 0) is 25.0 Å². The van der Waals surface area contributed by atoms with Crippen molar-refractivity contribution in [2.45, 2.75) is 25.8 Å². The van der Waals surface area contributed by atoms with Crippen LogP contribution in [-0.4, -0.2) is 157 Å². The molecule has 0 spiro atoms. The summed E-state index contributed by atoms with van der Waals surface area (Å²) in [4.78, 5) is 19.7. The van der Waals surface area contributed by atoms with E-state index in [1.165, 1.54) is 0 Å². The maximum atomic E-state index is 12.2. The number of nitrogens with one attached hydrogen (secondary N) is 4. The smallest absolute Gasteiger partial charge is 0.222 e. The highest BCUT2D eigenvalue weighted by Gasteiger charge is 2.21. The zero-order valence-corrected chi connectivity index (χ0v) is 31.0. The van der Waals surface area contributed by atoms with Gasteiger partial charge in [0, 0.05) is 56.4 Å². The van der Waals surface area contributed by atoms with Gasteiger partial charge in [0.05, 0.1) is 111 Å². The quantitative estimate of drug-likeness (QED) is 0.0285. The molecule has 0 fully saturated rings. The minimum atomic E-state index is -0.0747. The molecule has 3 rings (SSSR count). The number of H-pyrrole nitrogens is 1. The molecule has 18 heteroatoms. The number of carbonyl (C=O) groups is 1. The van der Waals surface area contributed by atoms with Gasteiger partial charge in [0.15, 0.2) is 0 Å². The fraction of sp³-hybridized carbons (Fsp3) is 0.657. The van der Waals surface area contributed by atoms with Gasteiger partial charge >= 0.3 is 0 Å². The molecule has 1 amide bonds. The van der Waals surface area contributed by atoms with E-state index >= 15 is 0 Å². The summed E-state index contributed by atoms with van der Waals surface area (Å²) in [5, 5.41) is 20.0. The fourth-order valence-electron chi connectivity index (χ4n) is 5.00. The number of fused-ring (bicyclic) bond motifs is 1. The van der Waals surface area contributed by atoms with E-state index in [0.29, 0.717) is 142 Å². The molecule has 0 aliphatic carbocycles. The average molecular weight is 750 g/mol. The lowest BCUT2D eigenvalue weighted by Gasteiger charge is -2.09. The Labute approximate surface area is 311 Å². The molecular weight excluding hydrogens is 690 g/mol. The first-order valence-corrected chi connectivity index (χ1v) is 18.2. The van der Waals surface area contributed by atoms with Crippen molar-refractivity contribution in [3.8, 4) is 11.3 Å². The second-order valence-corrected chi connectivity index (χ2v) is 11.6. The molecule has 0 aliphatic rings. The number of hydrogen-bond acceptors (Lipinski definition) is 14. The second kappa shape index (κ2) is 27.8. The topological polar surface area (TPSA) is 237 Å². The van der Waals surface area contributed by atoms with E-state index in [0.717, 1.165) is 29.4 Å². The molecule has 0 unspecified atom stereocenters. The predicted molar refractivity (Wildman–Crippen MR) is 200 cm³/mol. The van der Waals surface area contributed by atoms with Crippen molar-refractivity contribution < 1.29 is 42.7 Å². The summed E-state index contributed by atoms with van der Waals surface area (Å²) in [5.41, 5.74) is 14.0. The second-order valence-electron chi connectivity index (χ2n) is 11.6. The third-order valence-electron chi connectivity index (χ3n) is 7.59. The van der Waals surface area contributed by atoms with Crippen LogP contribution in [-0.2, 0) is 49.2 Å². The Hall–Kier alpha value is -3.72. The van der Waals surface area contributed by atoms with Crippen LogP contribution in [0.1, 0.15) is 24.8 Å². The van der Waals surface area contributed by atoms with Gasteiger partial charge < -0.3 is 65.0 Å². The molecule has 0 atom stereocenters. The number of nitrogen functional groups attached to an aromatic ring is 1. The van der Waals surface area contributed by atoms with Crippen LogP contribution < -0.4 is 22.1 Å². The highest BCUT2D eigenvalue weighted by molar-refractivity contribution is 6.05. The molecule has 298 valence electrons. The van der Waals surface area contributed by atoms with Crippen LogP contribution in [0.4, 0.5) is 5.82 Å². The van der Waals surface area contributed by atoms with Crippen molar-refractivity contribution in [1.29, 1.82) is 5.41 Å². The zero-order chi connectivity index (χ0) is 37.8. The molecule has 8 N–H and O–H groups in total. The first-order valence-electron chi connectivity index (χ1n) is 18.2. The molecule has 0 bridgehead atoms. The summed E-state index contributed by atoms with van der Waals surface area (Å²) in [5.74, 6) is 0.527. The summed E-state index contributed by atoms with van der Waals surface area (Å²) in [6.07, 6.45) is 5.36. The molecule has 18 nitrogen and oxygen atoms in total. The zero-order valence-electron chi connectivity index (χ0n) is 31.0. The highest BCUT2D eigenvalue weighted by Crippen LogP contribution is 2.30. The molecule has 0 radical (unpaired) electrons. The maximum absolute atomic E-state index is 12.2. The minimum absolute atomic E-state index is 0.0654. The Morgan fingerprint density at radius 2 is 1.34 bits per heavy atom. The van der Waals surface area contributed by atoms with Crippen molar-refractivity contribution in [3.05, 3.63) is 30.1 Å². The monoisotopic (exact) mass is 749 g/mol. The first-order chi connectivity index (χ1) is 26.0. The van der Waals surface area contributed by atoms with Crippen LogP contribution in [0.2, 0.25) is 0 Å². The molecule has 0 aromatic carbocycles. The lowest BCUT2D eigenvalue weighted by Crippen LogP contribution is -2.26. The maximum Gasteiger partial charge on any atom is 0.222 e. The summed E-state index contributed by atoms with van der Waals surface area (Å²) in [7, 11) is 1.78. The van der Waals surface area contributed by atoms with Crippen LogP contribution in [0.5, 0.6) is 0 Å². The van der Waals surface area contributed by atoms with E-state index < -0.39 is 0 Å². The van der Waals surface area contributed by atoms with Crippen LogP contribution in [0.25, 0.3) is 22.3 Å². The minimum Gasteiger partial charge on any atom is -0.384 e. The molecule has 0 saturated carbocycles. The molecule has 53 heavy (non-hydrogen) atoms. The molecule has 3 heterocycles. The van der Waals surface area contributed by atoms with Crippen molar-refractivity contribution in [3.63, 3.8) is 0 Å². The number of nitrogens with zero attached hydrogens (tertiary/aromatic N) is 3. The van der Waals surface area contributed by atoms with Crippen LogP contribution in [0.15, 0.2) is 24.5 Å². The lowest BCUT2D eigenvalue weighted by atomic mass is 10.1. The normalized spacial score (nSPS) is 11.4. The van der Waals surface area contributed by atoms with Gasteiger partial charge in [0.25, 0.3) is 0 Å². The number of carbonyl (C=O) groups excluding carboxylic acids is 1. The Balaban J connectivity index is 1.09. The first kappa shape index (κ1) is 43.7. The Kier molecular flexibility index (Phi) is 22.9. The van der Waals surface area contributed by atoms with E-state index in [2.05, 4.69) is 20.6 Å². The van der Waals surface area contributed by atoms with Crippen molar-refractivity contribution >= 4 is 28.6 Å². The lowest BCUT2D eigenvalue weighted by molar-refractivity contribution is -0.122. The molecule has 0 aliphatic heterocycles. The number of aromatic nitrogens is 4. The largest absolute Gasteiger partial charge is 0.384 e. The van der Waals surface area contributed by atoms with Gasteiger partial charge in [0.1, 0.15) is 23.0 Å². The molecule has 3 aromatic heterocycles. The van der Waals surface area contributed by atoms with Gasteiger partial charge in [-0.3, -0.25) is 10.2 Å². The SMILES string of the molecule is CNc1c(C(=N)N)c(-c2cnc3[nH]ccc3c2)nn1CCCCNC(=O)CCOCCOCCOCCOCCOCCOCCOCCOCCN. The van der Waals surface area contributed by atoms with Crippen LogP contribution >= 0.6 is 0 Å². The number of pyridine rings is 1. The third-order valence-corrected chi connectivity index (χ3v) is 7.59. The van der Waals surface area contributed by atoms with Crippen LogP contribution in [0, 0.1) is 5.41 Å². The highest BCUT2D eigenvalue weighted by atomic mass is 16.6. The van der Waals surface area contributed by atoms with Crippen LogP contribution in [0.3, 0.4) is 0 Å². The molecular formula is C35H59N9O9. The number of aromatic amines is 1. The average Bonchev–Trinajstić information content (AvgIpc) is 3.79. The van der Waals surface area contributed by atoms with E-state index in [-0.39, 0.29) is 18.2 Å². The molecule has 0 saturated heterocycles. The summed E-state index contributed by atoms with van der Waals surface area (Å²) in [6.45, 7) is 9.29. The number of rotatable bonds is 34. The number of ether oxygens (including phenoxy) is 8. The Morgan fingerprint density at radius 1 is 0.811 bits per heavy atom. The summed E-state index contributed by atoms with van der Waals surface area (Å²) in [6, 6.07) is 3.91. The van der Waals surface area contributed by atoms with E-state index in [4.69, 9.17) is 59.9 Å². The Bertz CT molecular complexity index is 1420. The summed E-state index contributed by atoms with van der Waals surface area (Å²) >= 11 is 0. The van der Waals surface area contributed by atoms with Crippen molar-refractivity contribution in [1.82, 2.24) is 25.1 Å². The van der Waals surface area contributed by atoms with Gasteiger partial charge in [-0.1, -0.05) is 0 Å². The van der Waals surface area contributed by atoms with E-state index in [1.54, 1.807) is 13.2 Å². The predicted octanol–water partition coefficient (Wildman–Crippen LogP) is 1.13. The standard InChI is InChI=1S/C35H59N9O9/c1-39-35-31(33(37)38)32(29-26-28-4-8-41-34(28)42-27-29)43-44(35)9-3-2-7-40-30(45)5-10-46-12-14-48-16-18-50-20-22-52-24-25-53-23-21-51-19-17-49-15-13-47-11-6-36/h4,8,26-27,39H,2-3,5-7,9-25,36H2,1H3,(H3,37,38)(H,40,45)(H,41,42). The van der Waals surface area contributed by atoms with Crippen molar-refractivity contribution in [2.24, 2.45) is 11.5 Å². The van der Waals surface area contributed by atoms with E-state index in [9.17, 15) is 4.79 Å². The number of hydrogen-bond donors (Lipinski definition) is 6. The van der Waals surface area contributed by atoms with Gasteiger partial charge in [-0.25, -0.2) is 9.67 Å². The number of unbranched alkanes of at least 4 members (excludes halogenated alkanes) is 1. The number of aryl methyl sites for hydroxylation is 1. The fourth-order valence-corrected chi connectivity index (χ4v) is 5.00. The van der Waals surface area contributed by atoms with Gasteiger partial charge in [-0.15, -0.1) is 0 Å². The molecule has 3 aromatic rings. The van der Waals surface area contributed by atoms with Gasteiger partial charge in [0.2, 0.25) is 5.91 Å². The van der Waals surface area contributed by atoms with E-state index in [1.807, 2.05) is 23.0 Å². The summed E-state index contributed by atoms with van der Waals surface area (Å²) < 4.78 is 45.3. The van der Waals surface area contributed by atoms with Gasteiger partial charge in [-0.2, -0.15) is 5.10 Å². The number of anilines is 1. The number of nitrogens with two attached hydrogens (primary N) is 2. The Morgan fingerprint density at radius 3 is 1.85 bits per heavy atom. The number of amides is 1. The number of amidine groups is 1. The van der Waals surface area contributed by atoms with Crippen molar-refractivity contribution in [2.75, 3.05) is 131 Å².